The van der Waals surface area contributed by atoms with Gasteiger partial charge in [-0.1, -0.05) is 17.7 Å². The van der Waals surface area contributed by atoms with Gasteiger partial charge in [0.1, 0.15) is 10.8 Å². The number of halogens is 1. The smallest absolute Gasteiger partial charge is 0.407 e. The summed E-state index contributed by atoms with van der Waals surface area (Å²) < 4.78 is 0. The van der Waals surface area contributed by atoms with Crippen LogP contribution in [0.5, 0.6) is 0 Å². The first kappa shape index (κ1) is 12.7. The Morgan fingerprint density at radius 2 is 2.30 bits per heavy atom. The van der Waals surface area contributed by atoms with Crippen molar-refractivity contribution in [3.05, 3.63) is 23.0 Å². The van der Waals surface area contributed by atoms with E-state index in [1.165, 1.54) is 4.90 Å². The summed E-state index contributed by atoms with van der Waals surface area (Å²) in [4.78, 5) is 23.4. The zero-order chi connectivity index (χ0) is 14.3. The van der Waals surface area contributed by atoms with Gasteiger partial charge in [0.05, 0.1) is 5.39 Å². The standard InChI is InChI=1S/C12H12ClN5O2/c13-9-7-5-8(15-10(7)17-11(14)16-9)6-1-3-18(4-2-6)12(19)20/h1,5H,2-4H2,(H,19,20)(H3,14,15,16,17). The summed E-state index contributed by atoms with van der Waals surface area (Å²) in [5.41, 5.74) is 8.04. The highest BCUT2D eigenvalue weighted by Gasteiger charge is 2.18. The van der Waals surface area contributed by atoms with Crippen LogP contribution < -0.4 is 5.73 Å². The van der Waals surface area contributed by atoms with E-state index >= 15 is 0 Å². The number of nitrogen functional groups attached to an aromatic ring is 1. The lowest BCUT2D eigenvalue weighted by atomic mass is 10.1. The molecule has 0 atom stereocenters. The van der Waals surface area contributed by atoms with Crippen LogP contribution in [0.2, 0.25) is 5.15 Å². The summed E-state index contributed by atoms with van der Waals surface area (Å²) in [6.45, 7) is 0.847. The van der Waals surface area contributed by atoms with E-state index in [-0.39, 0.29) is 5.95 Å². The van der Waals surface area contributed by atoms with E-state index in [1.54, 1.807) is 0 Å². The molecule has 0 saturated heterocycles. The number of aromatic nitrogens is 3. The van der Waals surface area contributed by atoms with Crippen LogP contribution in [0, 0.1) is 0 Å². The molecule has 0 aromatic carbocycles. The van der Waals surface area contributed by atoms with Gasteiger partial charge in [0, 0.05) is 18.8 Å². The number of carboxylic acid groups (broad SMARTS) is 1. The van der Waals surface area contributed by atoms with Gasteiger partial charge in [-0.2, -0.15) is 4.98 Å². The Balaban J connectivity index is 1.96. The van der Waals surface area contributed by atoms with Crippen molar-refractivity contribution >= 4 is 40.2 Å². The summed E-state index contributed by atoms with van der Waals surface area (Å²) in [5, 5.41) is 9.93. The molecule has 0 bridgehead atoms. The predicted molar refractivity (Wildman–Crippen MR) is 75.5 cm³/mol. The SMILES string of the molecule is Nc1nc(Cl)c2cc(C3=CCN(C(=O)O)CC3)[nH]c2n1. The molecular weight excluding hydrogens is 282 g/mol. The number of aromatic amines is 1. The van der Waals surface area contributed by atoms with E-state index in [0.29, 0.717) is 35.7 Å². The van der Waals surface area contributed by atoms with Crippen LogP contribution in [-0.4, -0.2) is 44.1 Å². The van der Waals surface area contributed by atoms with Crippen molar-refractivity contribution in [1.82, 2.24) is 19.9 Å². The molecule has 1 aliphatic rings. The summed E-state index contributed by atoms with van der Waals surface area (Å²) in [6, 6.07) is 1.86. The van der Waals surface area contributed by atoms with E-state index in [9.17, 15) is 4.79 Å². The molecule has 104 valence electrons. The van der Waals surface area contributed by atoms with Crippen LogP contribution in [0.15, 0.2) is 12.1 Å². The molecular formula is C12H12ClN5O2. The largest absolute Gasteiger partial charge is 0.465 e. The van der Waals surface area contributed by atoms with Crippen molar-refractivity contribution < 1.29 is 9.90 Å². The summed E-state index contributed by atoms with van der Waals surface area (Å²) >= 11 is 6.02. The van der Waals surface area contributed by atoms with E-state index in [1.807, 2.05) is 12.1 Å². The number of nitrogens with one attached hydrogen (secondary N) is 1. The Bertz CT molecular complexity index is 724. The molecule has 2 aromatic heterocycles. The average Bonchev–Trinajstić information content (AvgIpc) is 2.83. The van der Waals surface area contributed by atoms with Gasteiger partial charge in [-0.3, -0.25) is 0 Å². The van der Waals surface area contributed by atoms with E-state index in [2.05, 4.69) is 15.0 Å². The lowest BCUT2D eigenvalue weighted by Crippen LogP contribution is -2.33. The molecule has 3 heterocycles. The molecule has 8 heteroatoms. The number of hydrogen-bond acceptors (Lipinski definition) is 4. The van der Waals surface area contributed by atoms with Crippen molar-refractivity contribution in [3.63, 3.8) is 0 Å². The Kier molecular flexibility index (Phi) is 2.98. The molecule has 0 spiro atoms. The number of fused-ring (bicyclic) bond motifs is 1. The lowest BCUT2D eigenvalue weighted by Gasteiger charge is -2.23. The number of anilines is 1. The fraction of sp³-hybridized carbons (Fsp3) is 0.250. The van der Waals surface area contributed by atoms with E-state index in [0.717, 1.165) is 11.3 Å². The van der Waals surface area contributed by atoms with Gasteiger partial charge in [-0.25, -0.2) is 9.78 Å². The number of H-pyrrole nitrogens is 1. The van der Waals surface area contributed by atoms with Crippen molar-refractivity contribution in [1.29, 1.82) is 0 Å². The molecule has 0 aliphatic carbocycles. The lowest BCUT2D eigenvalue weighted by molar-refractivity contribution is 0.150. The number of rotatable bonds is 1. The van der Waals surface area contributed by atoms with Gasteiger partial charge in [0.25, 0.3) is 0 Å². The second-order valence-corrected chi connectivity index (χ2v) is 4.88. The minimum atomic E-state index is -0.904. The van der Waals surface area contributed by atoms with Crippen molar-refractivity contribution in [2.75, 3.05) is 18.8 Å². The van der Waals surface area contributed by atoms with Crippen LogP contribution in [0.25, 0.3) is 16.6 Å². The first-order valence-electron chi connectivity index (χ1n) is 6.03. The number of carbonyl (C=O) groups is 1. The van der Waals surface area contributed by atoms with Gasteiger partial charge in [0.15, 0.2) is 0 Å². The van der Waals surface area contributed by atoms with E-state index < -0.39 is 6.09 Å². The quantitative estimate of drug-likeness (QED) is 0.697. The average molecular weight is 294 g/mol. The number of nitrogens with zero attached hydrogens (tertiary/aromatic N) is 3. The van der Waals surface area contributed by atoms with E-state index in [4.69, 9.17) is 22.4 Å². The van der Waals surface area contributed by atoms with Gasteiger partial charge >= 0.3 is 6.09 Å². The first-order valence-corrected chi connectivity index (χ1v) is 6.41. The highest BCUT2D eigenvalue weighted by Crippen LogP contribution is 2.28. The molecule has 4 N–H and O–H groups in total. The molecule has 0 radical (unpaired) electrons. The molecule has 0 saturated carbocycles. The zero-order valence-electron chi connectivity index (χ0n) is 10.4. The van der Waals surface area contributed by atoms with Crippen molar-refractivity contribution in [2.24, 2.45) is 0 Å². The Labute approximate surface area is 119 Å². The molecule has 1 amide bonds. The van der Waals surface area contributed by atoms with Gasteiger partial charge < -0.3 is 20.7 Å². The third-order valence-electron chi connectivity index (χ3n) is 3.28. The maximum atomic E-state index is 10.9. The fourth-order valence-corrected chi connectivity index (χ4v) is 2.48. The van der Waals surface area contributed by atoms with Crippen LogP contribution >= 0.6 is 11.6 Å². The predicted octanol–water partition coefficient (Wildman–Crippen LogP) is 1.96. The number of hydrogen-bond donors (Lipinski definition) is 3. The topological polar surface area (TPSA) is 108 Å². The molecule has 7 nitrogen and oxygen atoms in total. The normalized spacial score (nSPS) is 15.4. The highest BCUT2D eigenvalue weighted by atomic mass is 35.5. The molecule has 3 rings (SSSR count). The zero-order valence-corrected chi connectivity index (χ0v) is 11.2. The number of amides is 1. The monoisotopic (exact) mass is 293 g/mol. The van der Waals surface area contributed by atoms with Crippen LogP contribution in [-0.2, 0) is 0 Å². The molecule has 20 heavy (non-hydrogen) atoms. The summed E-state index contributed by atoms with van der Waals surface area (Å²) in [5.74, 6) is 0.116. The number of nitrogens with two attached hydrogens (primary N) is 1. The third kappa shape index (κ3) is 2.16. The molecule has 0 fully saturated rings. The second-order valence-electron chi connectivity index (χ2n) is 4.53. The second kappa shape index (κ2) is 4.68. The maximum Gasteiger partial charge on any atom is 0.407 e. The summed E-state index contributed by atoms with van der Waals surface area (Å²) in [6.07, 6.45) is 1.62. The minimum Gasteiger partial charge on any atom is -0.465 e. The third-order valence-corrected chi connectivity index (χ3v) is 3.57. The van der Waals surface area contributed by atoms with Gasteiger partial charge in [-0.15, -0.1) is 0 Å². The highest BCUT2D eigenvalue weighted by molar-refractivity contribution is 6.34. The minimum absolute atomic E-state index is 0.116. The first-order chi connectivity index (χ1) is 9.54. The molecule has 0 unspecified atom stereocenters. The van der Waals surface area contributed by atoms with Crippen molar-refractivity contribution in [3.8, 4) is 0 Å². The Morgan fingerprint density at radius 1 is 1.50 bits per heavy atom. The summed E-state index contributed by atoms with van der Waals surface area (Å²) in [7, 11) is 0. The van der Waals surface area contributed by atoms with Crippen LogP contribution in [0.1, 0.15) is 12.1 Å². The van der Waals surface area contributed by atoms with Crippen LogP contribution in [0.4, 0.5) is 10.7 Å². The Morgan fingerprint density at radius 3 is 2.95 bits per heavy atom. The fourth-order valence-electron chi connectivity index (χ4n) is 2.25. The van der Waals surface area contributed by atoms with Gasteiger partial charge in [-0.05, 0) is 18.1 Å². The van der Waals surface area contributed by atoms with Crippen LogP contribution in [0.3, 0.4) is 0 Å². The maximum absolute atomic E-state index is 10.9. The molecule has 2 aromatic rings. The molecule has 1 aliphatic heterocycles. The van der Waals surface area contributed by atoms with Gasteiger partial charge in [0.2, 0.25) is 5.95 Å². The Hall–Kier alpha value is -2.28. The van der Waals surface area contributed by atoms with Crippen molar-refractivity contribution in [2.45, 2.75) is 6.42 Å².